The number of carbonyl (C=O) groups is 2. The van der Waals surface area contributed by atoms with Gasteiger partial charge in [-0.2, -0.15) is 0 Å². The number of fused-ring (bicyclic) bond motifs is 1. The summed E-state index contributed by atoms with van der Waals surface area (Å²) in [5.74, 6) is 1.02. The molecular formula is C12H13N3O4. The number of rotatable bonds is 2. The Hall–Kier alpha value is -2.15. The lowest BCUT2D eigenvalue weighted by atomic mass is 10.1. The molecular weight excluding hydrogens is 250 g/mol. The minimum absolute atomic E-state index is 0.0269. The van der Waals surface area contributed by atoms with Crippen LogP contribution in [-0.4, -0.2) is 42.7 Å². The first-order valence-electron chi connectivity index (χ1n) is 6.00. The molecule has 100 valence electrons. The lowest BCUT2D eigenvalue weighted by Gasteiger charge is -2.18. The molecule has 19 heavy (non-hydrogen) atoms. The molecule has 0 bridgehead atoms. The summed E-state index contributed by atoms with van der Waals surface area (Å²) in [5, 5.41) is 0. The molecule has 1 saturated heterocycles. The van der Waals surface area contributed by atoms with Crippen molar-refractivity contribution in [3.63, 3.8) is 0 Å². The molecule has 1 aromatic rings. The number of nitrogens with zero attached hydrogens (tertiary/aromatic N) is 2. The van der Waals surface area contributed by atoms with Crippen LogP contribution < -0.4 is 15.4 Å². The Balaban J connectivity index is 1.88. The fourth-order valence-corrected chi connectivity index (χ4v) is 2.11. The number of nitrogens with two attached hydrogens (primary N) is 1. The minimum Gasteiger partial charge on any atom is -0.484 e. The van der Waals surface area contributed by atoms with Gasteiger partial charge in [-0.15, -0.1) is 0 Å². The molecule has 1 unspecified atom stereocenters. The first kappa shape index (κ1) is 11.9. The topological polar surface area (TPSA) is 94.8 Å². The van der Waals surface area contributed by atoms with Crippen molar-refractivity contribution in [2.24, 2.45) is 5.73 Å². The Morgan fingerprint density at radius 3 is 3.00 bits per heavy atom. The summed E-state index contributed by atoms with van der Waals surface area (Å²) < 4.78 is 10.3. The highest BCUT2D eigenvalue weighted by Crippen LogP contribution is 2.27. The van der Waals surface area contributed by atoms with Crippen molar-refractivity contribution in [2.45, 2.75) is 12.5 Å². The van der Waals surface area contributed by atoms with Crippen LogP contribution in [0.1, 0.15) is 5.69 Å². The molecule has 7 heteroatoms. The van der Waals surface area contributed by atoms with Crippen LogP contribution >= 0.6 is 0 Å². The summed E-state index contributed by atoms with van der Waals surface area (Å²) in [7, 11) is 0. The standard InChI is InChI=1S/C12H13N3O4/c13-4-8-5-15(12(17)19-8)11-2-1-10-9(14-11)3-7(16)6-18-10/h1-2,8H,3-6,13H2. The molecule has 3 heterocycles. The largest absolute Gasteiger partial charge is 0.484 e. The zero-order chi connectivity index (χ0) is 13.4. The molecule has 1 aromatic heterocycles. The second kappa shape index (κ2) is 4.51. The molecule has 2 aliphatic heterocycles. The van der Waals surface area contributed by atoms with Crippen LogP contribution in [0.2, 0.25) is 0 Å². The number of hydrogen-bond donors (Lipinski definition) is 1. The van der Waals surface area contributed by atoms with E-state index in [9.17, 15) is 9.59 Å². The van der Waals surface area contributed by atoms with Crippen molar-refractivity contribution in [1.29, 1.82) is 0 Å². The van der Waals surface area contributed by atoms with Crippen molar-refractivity contribution in [3.05, 3.63) is 17.8 Å². The number of carbonyl (C=O) groups excluding carboxylic acids is 2. The number of amides is 1. The van der Waals surface area contributed by atoms with E-state index in [1.807, 2.05) is 0 Å². The van der Waals surface area contributed by atoms with Gasteiger partial charge in [0.05, 0.1) is 18.7 Å². The van der Waals surface area contributed by atoms with Crippen LogP contribution in [0.4, 0.5) is 10.6 Å². The second-order valence-electron chi connectivity index (χ2n) is 4.47. The average Bonchev–Trinajstić information content (AvgIpc) is 2.79. The Labute approximate surface area is 109 Å². The van der Waals surface area contributed by atoms with Gasteiger partial charge in [0.25, 0.3) is 0 Å². The van der Waals surface area contributed by atoms with Gasteiger partial charge in [-0.05, 0) is 12.1 Å². The fraction of sp³-hybridized carbons (Fsp3) is 0.417. The number of ketones is 1. The Morgan fingerprint density at radius 2 is 2.26 bits per heavy atom. The van der Waals surface area contributed by atoms with Crippen LogP contribution in [0.3, 0.4) is 0 Å². The van der Waals surface area contributed by atoms with E-state index in [-0.39, 0.29) is 31.5 Å². The lowest BCUT2D eigenvalue weighted by molar-refractivity contribution is -0.121. The van der Waals surface area contributed by atoms with Crippen molar-refractivity contribution in [1.82, 2.24) is 4.98 Å². The third kappa shape index (κ3) is 2.12. The van der Waals surface area contributed by atoms with E-state index in [4.69, 9.17) is 15.2 Å². The molecule has 0 radical (unpaired) electrons. The van der Waals surface area contributed by atoms with Crippen molar-refractivity contribution in [3.8, 4) is 5.75 Å². The number of ether oxygens (including phenoxy) is 2. The summed E-state index contributed by atoms with van der Waals surface area (Å²) in [4.78, 5) is 28.7. The zero-order valence-electron chi connectivity index (χ0n) is 10.2. The van der Waals surface area contributed by atoms with Crippen LogP contribution in [0.5, 0.6) is 5.75 Å². The van der Waals surface area contributed by atoms with Gasteiger partial charge in [0.1, 0.15) is 24.3 Å². The highest BCUT2D eigenvalue weighted by molar-refractivity contribution is 5.89. The van der Waals surface area contributed by atoms with E-state index in [1.165, 1.54) is 4.90 Å². The summed E-state index contributed by atoms with van der Waals surface area (Å²) in [6.07, 6.45) is -0.555. The summed E-state index contributed by atoms with van der Waals surface area (Å²) >= 11 is 0. The normalized spacial score (nSPS) is 21.9. The maximum atomic E-state index is 11.7. The molecule has 1 fully saturated rings. The molecule has 0 saturated carbocycles. The quantitative estimate of drug-likeness (QED) is 0.798. The van der Waals surface area contributed by atoms with Crippen molar-refractivity contribution in [2.75, 3.05) is 24.6 Å². The smallest absolute Gasteiger partial charge is 0.415 e. The molecule has 0 aliphatic carbocycles. The van der Waals surface area contributed by atoms with Gasteiger partial charge in [0.15, 0.2) is 5.78 Å². The second-order valence-corrected chi connectivity index (χ2v) is 4.47. The van der Waals surface area contributed by atoms with Crippen LogP contribution in [-0.2, 0) is 16.0 Å². The minimum atomic E-state index is -0.467. The number of cyclic esters (lactones) is 1. The Bertz CT molecular complexity index is 546. The predicted molar refractivity (Wildman–Crippen MR) is 65.1 cm³/mol. The third-order valence-electron chi connectivity index (χ3n) is 3.08. The van der Waals surface area contributed by atoms with Crippen LogP contribution in [0.15, 0.2) is 12.1 Å². The van der Waals surface area contributed by atoms with Gasteiger partial charge in [-0.25, -0.2) is 9.78 Å². The number of pyridine rings is 1. The van der Waals surface area contributed by atoms with E-state index in [0.29, 0.717) is 23.8 Å². The summed E-state index contributed by atoms with van der Waals surface area (Å²) in [6.45, 7) is 0.722. The first-order chi connectivity index (χ1) is 9.17. The van der Waals surface area contributed by atoms with E-state index in [1.54, 1.807) is 12.1 Å². The van der Waals surface area contributed by atoms with Gasteiger partial charge in [0.2, 0.25) is 0 Å². The van der Waals surface area contributed by atoms with E-state index in [2.05, 4.69) is 4.98 Å². The van der Waals surface area contributed by atoms with Crippen molar-refractivity contribution < 1.29 is 19.1 Å². The highest BCUT2D eigenvalue weighted by Gasteiger charge is 2.33. The molecule has 7 nitrogen and oxygen atoms in total. The number of hydrogen-bond acceptors (Lipinski definition) is 6. The van der Waals surface area contributed by atoms with E-state index < -0.39 is 6.09 Å². The van der Waals surface area contributed by atoms with Gasteiger partial charge >= 0.3 is 6.09 Å². The molecule has 1 atom stereocenters. The summed E-state index contributed by atoms with van der Waals surface area (Å²) in [6, 6.07) is 3.39. The maximum Gasteiger partial charge on any atom is 0.415 e. The third-order valence-corrected chi connectivity index (χ3v) is 3.08. The Morgan fingerprint density at radius 1 is 1.42 bits per heavy atom. The molecule has 3 rings (SSSR count). The monoisotopic (exact) mass is 263 g/mol. The maximum absolute atomic E-state index is 11.7. The lowest BCUT2D eigenvalue weighted by Crippen LogP contribution is -2.29. The molecule has 0 spiro atoms. The number of Topliss-reactive ketones (excluding diaryl/α,β-unsaturated/α-hetero) is 1. The Kier molecular flexibility index (Phi) is 2.83. The zero-order valence-corrected chi connectivity index (χ0v) is 10.2. The van der Waals surface area contributed by atoms with Gasteiger partial charge in [0, 0.05) is 6.54 Å². The predicted octanol–water partition coefficient (Wildman–Crippen LogP) is -0.131. The van der Waals surface area contributed by atoms with Gasteiger partial charge < -0.3 is 15.2 Å². The number of aromatic nitrogens is 1. The number of anilines is 1. The average molecular weight is 263 g/mol. The van der Waals surface area contributed by atoms with Gasteiger partial charge in [-0.3, -0.25) is 9.69 Å². The SMILES string of the molecule is NCC1CN(c2ccc3c(n2)CC(=O)CO3)C(=O)O1. The molecule has 1 amide bonds. The van der Waals surface area contributed by atoms with Crippen LogP contribution in [0, 0.1) is 0 Å². The van der Waals surface area contributed by atoms with Crippen molar-refractivity contribution >= 4 is 17.7 Å². The fourth-order valence-electron chi connectivity index (χ4n) is 2.11. The van der Waals surface area contributed by atoms with Crippen LogP contribution in [0.25, 0.3) is 0 Å². The highest BCUT2D eigenvalue weighted by atomic mass is 16.6. The molecule has 2 aliphatic rings. The van der Waals surface area contributed by atoms with E-state index in [0.717, 1.165) is 0 Å². The molecule has 0 aromatic carbocycles. The molecule has 2 N–H and O–H groups in total. The van der Waals surface area contributed by atoms with Gasteiger partial charge in [-0.1, -0.05) is 0 Å². The summed E-state index contributed by atoms with van der Waals surface area (Å²) in [5.41, 5.74) is 6.03. The first-order valence-corrected chi connectivity index (χ1v) is 6.00. The van der Waals surface area contributed by atoms with E-state index >= 15 is 0 Å².